The van der Waals surface area contributed by atoms with Crippen LogP contribution in [0.2, 0.25) is 0 Å². The third-order valence-corrected chi connectivity index (χ3v) is 5.71. The van der Waals surface area contributed by atoms with Crippen LogP contribution in [-0.4, -0.2) is 21.3 Å². The molecule has 4 aliphatic carbocycles. The number of aryl methyl sites for hydroxylation is 1. The minimum atomic E-state index is 0.479. The molecule has 4 aliphatic rings. The van der Waals surface area contributed by atoms with Crippen LogP contribution in [0.1, 0.15) is 32.1 Å². The predicted molar refractivity (Wildman–Crippen MR) is 74.4 cm³/mol. The Morgan fingerprint density at radius 3 is 2.32 bits per heavy atom. The third kappa shape index (κ3) is 1.90. The molecule has 0 saturated heterocycles. The number of hydrogen-bond acceptors (Lipinski definition) is 4. The predicted octanol–water partition coefficient (Wildman–Crippen LogP) is 1.88. The number of nitrogens with one attached hydrogen (secondary N) is 1. The Labute approximate surface area is 114 Å². The minimum absolute atomic E-state index is 0.479. The molecule has 0 aromatic carbocycles. The lowest BCUT2D eigenvalue weighted by atomic mass is 9.52. The number of aromatic nitrogens is 3. The Morgan fingerprint density at radius 2 is 1.79 bits per heavy atom. The maximum absolute atomic E-state index is 5.71. The molecule has 19 heavy (non-hydrogen) atoms. The van der Waals surface area contributed by atoms with Crippen LogP contribution < -0.4 is 11.1 Å². The number of hydrogen-bond donors (Lipinski definition) is 2. The van der Waals surface area contributed by atoms with Crippen molar-refractivity contribution in [3.8, 4) is 0 Å². The largest absolute Gasteiger partial charge is 0.368 e. The molecule has 104 valence electrons. The van der Waals surface area contributed by atoms with E-state index in [0.717, 1.165) is 36.1 Å². The van der Waals surface area contributed by atoms with Gasteiger partial charge >= 0.3 is 0 Å². The van der Waals surface area contributed by atoms with E-state index >= 15 is 0 Å². The molecule has 5 rings (SSSR count). The van der Waals surface area contributed by atoms with Crippen molar-refractivity contribution < 1.29 is 0 Å². The molecule has 0 amide bonds. The Morgan fingerprint density at radius 1 is 1.16 bits per heavy atom. The van der Waals surface area contributed by atoms with E-state index < -0.39 is 0 Å². The van der Waals surface area contributed by atoms with Crippen LogP contribution in [0.3, 0.4) is 0 Å². The van der Waals surface area contributed by atoms with Crippen molar-refractivity contribution in [3.05, 3.63) is 0 Å². The monoisotopic (exact) mass is 261 g/mol. The highest BCUT2D eigenvalue weighted by atomic mass is 15.4. The van der Waals surface area contributed by atoms with E-state index in [1.54, 1.807) is 4.68 Å². The second-order valence-corrected chi connectivity index (χ2v) is 6.89. The first kappa shape index (κ1) is 11.6. The van der Waals surface area contributed by atoms with E-state index in [-0.39, 0.29) is 0 Å². The lowest BCUT2D eigenvalue weighted by Gasteiger charge is -2.54. The van der Waals surface area contributed by atoms with Gasteiger partial charge in [0, 0.05) is 13.6 Å². The molecule has 1 aromatic heterocycles. The number of nitrogens with two attached hydrogens (primary N) is 1. The summed E-state index contributed by atoms with van der Waals surface area (Å²) in [6, 6.07) is 0. The Kier molecular flexibility index (Phi) is 2.50. The van der Waals surface area contributed by atoms with Crippen LogP contribution in [0, 0.1) is 29.6 Å². The van der Waals surface area contributed by atoms with Crippen molar-refractivity contribution in [3.63, 3.8) is 0 Å². The van der Waals surface area contributed by atoms with Crippen molar-refractivity contribution >= 4 is 11.9 Å². The molecule has 1 aromatic rings. The Bertz CT molecular complexity index is 433. The smallest absolute Gasteiger partial charge is 0.243 e. The SMILES string of the molecule is Cn1nc(NCC2C3CC4CC(C3)CC2C4)nc1N. The van der Waals surface area contributed by atoms with Gasteiger partial charge in [0.2, 0.25) is 11.9 Å². The molecule has 0 radical (unpaired) electrons. The summed E-state index contributed by atoms with van der Waals surface area (Å²) in [5.74, 6) is 5.98. The summed E-state index contributed by atoms with van der Waals surface area (Å²) >= 11 is 0. The van der Waals surface area contributed by atoms with Crippen LogP contribution in [0.15, 0.2) is 0 Å². The zero-order valence-corrected chi connectivity index (χ0v) is 11.5. The molecule has 0 spiro atoms. The molecule has 0 unspecified atom stereocenters. The van der Waals surface area contributed by atoms with Gasteiger partial charge in [-0.3, -0.25) is 0 Å². The van der Waals surface area contributed by atoms with E-state index in [1.807, 2.05) is 7.05 Å². The van der Waals surface area contributed by atoms with E-state index in [1.165, 1.54) is 32.1 Å². The first-order valence-electron chi connectivity index (χ1n) is 7.59. The van der Waals surface area contributed by atoms with E-state index in [0.29, 0.717) is 11.9 Å². The normalized spacial score (nSPS) is 39.7. The van der Waals surface area contributed by atoms with Gasteiger partial charge in [-0.1, -0.05) is 0 Å². The van der Waals surface area contributed by atoms with E-state index in [4.69, 9.17) is 5.73 Å². The molecule has 1 heterocycles. The minimum Gasteiger partial charge on any atom is -0.368 e. The average Bonchev–Trinajstić information content (AvgIpc) is 2.67. The van der Waals surface area contributed by atoms with Gasteiger partial charge in [0.05, 0.1) is 0 Å². The van der Waals surface area contributed by atoms with Gasteiger partial charge in [0.1, 0.15) is 0 Å². The zero-order valence-electron chi connectivity index (χ0n) is 11.5. The quantitative estimate of drug-likeness (QED) is 0.871. The molecular formula is C14H23N5. The summed E-state index contributed by atoms with van der Waals surface area (Å²) < 4.78 is 1.62. The summed E-state index contributed by atoms with van der Waals surface area (Å²) in [6.07, 6.45) is 7.40. The zero-order chi connectivity index (χ0) is 13.0. The Balaban J connectivity index is 1.43. The van der Waals surface area contributed by atoms with E-state index in [2.05, 4.69) is 15.4 Å². The number of anilines is 2. The first-order chi connectivity index (χ1) is 9.19. The van der Waals surface area contributed by atoms with Crippen LogP contribution >= 0.6 is 0 Å². The molecule has 0 atom stereocenters. The van der Waals surface area contributed by atoms with Crippen molar-refractivity contribution in [2.45, 2.75) is 32.1 Å². The maximum atomic E-state index is 5.71. The van der Waals surface area contributed by atoms with Crippen molar-refractivity contribution in [1.82, 2.24) is 14.8 Å². The molecule has 4 bridgehead atoms. The fraction of sp³-hybridized carbons (Fsp3) is 0.857. The van der Waals surface area contributed by atoms with E-state index in [9.17, 15) is 0 Å². The maximum Gasteiger partial charge on any atom is 0.243 e. The molecule has 5 nitrogen and oxygen atoms in total. The molecule has 4 saturated carbocycles. The number of nitrogen functional groups attached to an aromatic ring is 1. The Hall–Kier alpha value is -1.26. The summed E-state index contributed by atoms with van der Waals surface area (Å²) in [6.45, 7) is 1.03. The highest BCUT2D eigenvalue weighted by Gasteiger charge is 2.47. The highest BCUT2D eigenvalue weighted by Crippen LogP contribution is 2.56. The van der Waals surface area contributed by atoms with Crippen molar-refractivity contribution in [1.29, 1.82) is 0 Å². The number of nitrogens with zero attached hydrogens (tertiary/aromatic N) is 3. The van der Waals surface area contributed by atoms with Gasteiger partial charge in [-0.05, 0) is 61.7 Å². The summed E-state index contributed by atoms with van der Waals surface area (Å²) in [4.78, 5) is 4.23. The van der Waals surface area contributed by atoms with Crippen LogP contribution in [0.4, 0.5) is 11.9 Å². The second-order valence-electron chi connectivity index (χ2n) is 6.89. The summed E-state index contributed by atoms with van der Waals surface area (Å²) in [5, 5.41) is 7.69. The highest BCUT2D eigenvalue weighted by molar-refractivity contribution is 5.31. The molecule has 3 N–H and O–H groups in total. The molecule has 4 fully saturated rings. The molecular weight excluding hydrogens is 238 g/mol. The topological polar surface area (TPSA) is 68.8 Å². The molecule has 5 heteroatoms. The fourth-order valence-electron chi connectivity index (χ4n) is 5.05. The number of rotatable bonds is 3. The van der Waals surface area contributed by atoms with Crippen molar-refractivity contribution in [2.24, 2.45) is 36.6 Å². The van der Waals surface area contributed by atoms with Gasteiger partial charge in [-0.15, -0.1) is 5.10 Å². The average molecular weight is 261 g/mol. The second kappa shape index (κ2) is 4.12. The fourth-order valence-corrected chi connectivity index (χ4v) is 5.05. The summed E-state index contributed by atoms with van der Waals surface area (Å²) in [5.41, 5.74) is 5.71. The molecule has 0 aliphatic heterocycles. The van der Waals surface area contributed by atoms with Gasteiger partial charge < -0.3 is 11.1 Å². The lowest BCUT2D eigenvalue weighted by molar-refractivity contribution is -0.0306. The van der Waals surface area contributed by atoms with Crippen LogP contribution in [-0.2, 0) is 7.05 Å². The van der Waals surface area contributed by atoms with Crippen LogP contribution in [0.5, 0.6) is 0 Å². The van der Waals surface area contributed by atoms with Crippen LogP contribution in [0.25, 0.3) is 0 Å². The first-order valence-corrected chi connectivity index (χ1v) is 7.59. The van der Waals surface area contributed by atoms with Gasteiger partial charge in [-0.2, -0.15) is 4.98 Å². The third-order valence-electron chi connectivity index (χ3n) is 5.71. The standard InChI is InChI=1S/C14H23N5/c1-19-13(15)17-14(18-19)16-7-12-10-3-8-2-9(5-10)6-11(12)4-8/h8-12H,2-7H2,1H3,(H3,15,16,17,18). The lowest BCUT2D eigenvalue weighted by Crippen LogP contribution is -2.47. The van der Waals surface area contributed by atoms with Gasteiger partial charge in [0.25, 0.3) is 0 Å². The van der Waals surface area contributed by atoms with Gasteiger partial charge in [-0.25, -0.2) is 4.68 Å². The van der Waals surface area contributed by atoms with Crippen molar-refractivity contribution in [2.75, 3.05) is 17.6 Å². The summed E-state index contributed by atoms with van der Waals surface area (Å²) in [7, 11) is 1.83. The van der Waals surface area contributed by atoms with Gasteiger partial charge in [0.15, 0.2) is 0 Å².